The van der Waals surface area contributed by atoms with Crippen molar-refractivity contribution in [3.63, 3.8) is 0 Å². The second kappa shape index (κ2) is 3.32. The van der Waals surface area contributed by atoms with Crippen LogP contribution in [0.4, 0.5) is 0 Å². The van der Waals surface area contributed by atoms with Gasteiger partial charge in [-0.1, -0.05) is 36.4 Å². The lowest BCUT2D eigenvalue weighted by atomic mass is 9.85. The highest BCUT2D eigenvalue weighted by atomic mass is 16.5. The fraction of sp³-hybridized carbons (Fsp3) is 0.154. The lowest BCUT2D eigenvalue weighted by Crippen LogP contribution is -2.35. The van der Waals surface area contributed by atoms with Crippen LogP contribution in [0.5, 0.6) is 0 Å². The molecule has 1 heterocycles. The molecule has 3 nitrogen and oxygen atoms in total. The minimum absolute atomic E-state index is 0.290. The SMILES string of the molecule is OC1(c2ccccc2)C=CC=C2OCN=C21. The standard InChI is InChI=1S/C13H11NO2/c15-13(10-5-2-1-3-6-10)8-4-7-11-12(13)14-9-16-11/h1-8,15H,9H2. The molecule has 0 radical (unpaired) electrons. The summed E-state index contributed by atoms with van der Waals surface area (Å²) >= 11 is 0. The number of hydrogen-bond donors (Lipinski definition) is 1. The third-order valence-corrected chi connectivity index (χ3v) is 2.84. The first-order valence-electron chi connectivity index (χ1n) is 5.16. The Morgan fingerprint density at radius 2 is 2.06 bits per heavy atom. The first kappa shape index (κ1) is 9.36. The lowest BCUT2D eigenvalue weighted by Gasteiger charge is -2.27. The molecule has 3 heteroatoms. The van der Waals surface area contributed by atoms with Gasteiger partial charge < -0.3 is 9.84 Å². The Labute approximate surface area is 93.4 Å². The molecule has 3 rings (SSSR count). The van der Waals surface area contributed by atoms with Crippen LogP contribution in [0.15, 0.2) is 59.3 Å². The predicted molar refractivity (Wildman–Crippen MR) is 60.9 cm³/mol. The van der Waals surface area contributed by atoms with E-state index in [4.69, 9.17) is 4.74 Å². The van der Waals surface area contributed by atoms with Gasteiger partial charge in [-0.05, 0) is 17.7 Å². The van der Waals surface area contributed by atoms with E-state index in [9.17, 15) is 5.11 Å². The van der Waals surface area contributed by atoms with E-state index in [0.29, 0.717) is 11.5 Å². The number of allylic oxidation sites excluding steroid dienone is 2. The number of rotatable bonds is 1. The Kier molecular flexibility index (Phi) is 1.94. The molecule has 2 aliphatic rings. The molecule has 0 saturated carbocycles. The molecule has 0 bridgehead atoms. The Morgan fingerprint density at radius 1 is 1.25 bits per heavy atom. The van der Waals surface area contributed by atoms with Crippen LogP contribution < -0.4 is 0 Å². The van der Waals surface area contributed by atoms with Crippen molar-refractivity contribution in [3.05, 3.63) is 59.9 Å². The van der Waals surface area contributed by atoms with Crippen LogP contribution in [0.25, 0.3) is 0 Å². The monoisotopic (exact) mass is 213 g/mol. The summed E-state index contributed by atoms with van der Waals surface area (Å²) in [7, 11) is 0. The molecular formula is C13H11NO2. The number of ether oxygens (including phenoxy) is 1. The van der Waals surface area contributed by atoms with E-state index < -0.39 is 5.60 Å². The number of hydrogen-bond acceptors (Lipinski definition) is 3. The molecule has 1 aromatic carbocycles. The molecule has 0 aromatic heterocycles. The summed E-state index contributed by atoms with van der Waals surface area (Å²) in [6.45, 7) is 0.290. The Balaban J connectivity index is 2.13. The molecule has 0 fully saturated rings. The summed E-state index contributed by atoms with van der Waals surface area (Å²) in [5.74, 6) is 0.661. The average molecular weight is 213 g/mol. The maximum absolute atomic E-state index is 10.7. The maximum Gasteiger partial charge on any atom is 0.179 e. The van der Waals surface area contributed by atoms with Crippen molar-refractivity contribution in [1.82, 2.24) is 0 Å². The predicted octanol–water partition coefficient (Wildman–Crippen LogP) is 1.76. The summed E-state index contributed by atoms with van der Waals surface area (Å²) < 4.78 is 5.32. The van der Waals surface area contributed by atoms with Crippen molar-refractivity contribution in [2.75, 3.05) is 6.73 Å². The van der Waals surface area contributed by atoms with E-state index in [1.165, 1.54) is 0 Å². The molecular weight excluding hydrogens is 202 g/mol. The number of benzene rings is 1. The van der Waals surface area contributed by atoms with Crippen molar-refractivity contribution < 1.29 is 9.84 Å². The van der Waals surface area contributed by atoms with Crippen LogP contribution in [-0.4, -0.2) is 17.5 Å². The molecule has 1 aliphatic carbocycles. The average Bonchev–Trinajstić information content (AvgIpc) is 2.80. The third-order valence-electron chi connectivity index (χ3n) is 2.84. The molecule has 1 aromatic rings. The van der Waals surface area contributed by atoms with Crippen molar-refractivity contribution in [2.45, 2.75) is 5.60 Å². The Bertz CT molecular complexity index is 502. The van der Waals surface area contributed by atoms with Gasteiger partial charge in [-0.3, -0.25) is 0 Å². The lowest BCUT2D eigenvalue weighted by molar-refractivity contribution is 0.161. The second-order valence-corrected chi connectivity index (χ2v) is 3.80. The summed E-state index contributed by atoms with van der Waals surface area (Å²) in [5.41, 5.74) is 0.254. The number of fused-ring (bicyclic) bond motifs is 1. The largest absolute Gasteiger partial charge is 0.469 e. The van der Waals surface area contributed by atoms with Gasteiger partial charge in [0.05, 0.1) is 0 Å². The minimum Gasteiger partial charge on any atom is -0.469 e. The van der Waals surface area contributed by atoms with E-state index in [1.54, 1.807) is 12.2 Å². The third kappa shape index (κ3) is 1.22. The molecule has 80 valence electrons. The van der Waals surface area contributed by atoms with Crippen molar-refractivity contribution >= 4 is 5.71 Å². The van der Waals surface area contributed by atoms with Gasteiger partial charge in [0.1, 0.15) is 11.5 Å². The van der Waals surface area contributed by atoms with E-state index in [-0.39, 0.29) is 6.73 Å². The summed E-state index contributed by atoms with van der Waals surface area (Å²) in [6.07, 6.45) is 5.36. The van der Waals surface area contributed by atoms with Crippen molar-refractivity contribution in [3.8, 4) is 0 Å². The first-order valence-corrected chi connectivity index (χ1v) is 5.16. The van der Waals surface area contributed by atoms with E-state index in [0.717, 1.165) is 5.56 Å². The number of aliphatic imine (C=N–C) groups is 1. The van der Waals surface area contributed by atoms with Crippen molar-refractivity contribution in [2.24, 2.45) is 4.99 Å². The fourth-order valence-electron chi connectivity index (χ4n) is 2.03. The van der Waals surface area contributed by atoms with Gasteiger partial charge in [0.25, 0.3) is 0 Å². The fourth-order valence-corrected chi connectivity index (χ4v) is 2.03. The second-order valence-electron chi connectivity index (χ2n) is 3.80. The molecule has 1 unspecified atom stereocenters. The molecule has 16 heavy (non-hydrogen) atoms. The zero-order chi connectivity index (χ0) is 11.0. The Hall–Kier alpha value is -1.87. The van der Waals surface area contributed by atoms with Crippen LogP contribution in [-0.2, 0) is 10.3 Å². The zero-order valence-corrected chi connectivity index (χ0v) is 8.63. The molecule has 0 saturated heterocycles. The summed E-state index contributed by atoms with van der Waals surface area (Å²) in [6, 6.07) is 9.48. The molecule has 1 atom stereocenters. The van der Waals surface area contributed by atoms with Crippen LogP contribution in [0, 0.1) is 0 Å². The molecule has 1 aliphatic heterocycles. The molecule has 0 spiro atoms. The quantitative estimate of drug-likeness (QED) is 0.772. The van der Waals surface area contributed by atoms with E-state index in [2.05, 4.69) is 4.99 Å². The van der Waals surface area contributed by atoms with Crippen molar-refractivity contribution in [1.29, 1.82) is 0 Å². The summed E-state index contributed by atoms with van der Waals surface area (Å²) in [5, 5.41) is 10.7. The minimum atomic E-state index is -1.15. The van der Waals surface area contributed by atoms with Crippen LogP contribution in [0.1, 0.15) is 5.56 Å². The van der Waals surface area contributed by atoms with Gasteiger partial charge in [-0.15, -0.1) is 0 Å². The summed E-state index contributed by atoms with van der Waals surface area (Å²) in [4.78, 5) is 4.21. The topological polar surface area (TPSA) is 41.8 Å². The highest BCUT2D eigenvalue weighted by Gasteiger charge is 2.39. The highest BCUT2D eigenvalue weighted by Crippen LogP contribution is 2.33. The van der Waals surface area contributed by atoms with Gasteiger partial charge in [0, 0.05) is 0 Å². The van der Waals surface area contributed by atoms with Gasteiger partial charge in [0.2, 0.25) is 0 Å². The normalized spacial score (nSPS) is 26.8. The number of aliphatic hydroxyl groups is 1. The van der Waals surface area contributed by atoms with E-state index in [1.807, 2.05) is 36.4 Å². The molecule has 0 amide bonds. The first-order chi connectivity index (χ1) is 7.81. The van der Waals surface area contributed by atoms with Crippen LogP contribution >= 0.6 is 0 Å². The van der Waals surface area contributed by atoms with Crippen LogP contribution in [0.2, 0.25) is 0 Å². The smallest absolute Gasteiger partial charge is 0.179 e. The number of nitrogens with zero attached hydrogens (tertiary/aromatic N) is 1. The van der Waals surface area contributed by atoms with E-state index >= 15 is 0 Å². The Morgan fingerprint density at radius 3 is 2.88 bits per heavy atom. The highest BCUT2D eigenvalue weighted by molar-refractivity contribution is 6.08. The maximum atomic E-state index is 10.7. The zero-order valence-electron chi connectivity index (χ0n) is 8.63. The van der Waals surface area contributed by atoms with Gasteiger partial charge in [0.15, 0.2) is 12.3 Å². The molecule has 1 N–H and O–H groups in total. The van der Waals surface area contributed by atoms with Crippen LogP contribution in [0.3, 0.4) is 0 Å². The van der Waals surface area contributed by atoms with Gasteiger partial charge >= 0.3 is 0 Å². The van der Waals surface area contributed by atoms with Gasteiger partial charge in [-0.2, -0.15) is 0 Å². The van der Waals surface area contributed by atoms with Gasteiger partial charge in [-0.25, -0.2) is 4.99 Å².